The second kappa shape index (κ2) is 6.11. The third-order valence-electron chi connectivity index (χ3n) is 2.90. The van der Waals surface area contributed by atoms with Gasteiger partial charge >= 0.3 is 5.97 Å². The van der Waals surface area contributed by atoms with Gasteiger partial charge in [-0.1, -0.05) is 0 Å². The molecule has 5 heteroatoms. The molecule has 1 aromatic carbocycles. The SMILES string of the molecule is COC(=O)c1cc(SC2CCOCC2)ccc1N. The molecular weight excluding hydrogens is 250 g/mol. The summed E-state index contributed by atoms with van der Waals surface area (Å²) in [5.41, 5.74) is 6.67. The maximum Gasteiger partial charge on any atom is 0.339 e. The first kappa shape index (κ1) is 13.2. The highest BCUT2D eigenvalue weighted by Gasteiger charge is 2.17. The van der Waals surface area contributed by atoms with E-state index >= 15 is 0 Å². The number of ether oxygens (including phenoxy) is 2. The van der Waals surface area contributed by atoms with Gasteiger partial charge in [0.1, 0.15) is 0 Å². The Kier molecular flexibility index (Phi) is 4.49. The molecule has 1 aliphatic rings. The molecular formula is C13H17NO3S. The van der Waals surface area contributed by atoms with Crippen LogP contribution in [0.3, 0.4) is 0 Å². The zero-order valence-corrected chi connectivity index (χ0v) is 11.2. The molecule has 2 N–H and O–H groups in total. The Morgan fingerprint density at radius 2 is 2.17 bits per heavy atom. The second-order valence-corrected chi connectivity index (χ2v) is 5.54. The minimum atomic E-state index is -0.387. The number of hydrogen-bond acceptors (Lipinski definition) is 5. The van der Waals surface area contributed by atoms with Crippen molar-refractivity contribution in [2.45, 2.75) is 23.0 Å². The van der Waals surface area contributed by atoms with Gasteiger partial charge in [-0.05, 0) is 31.0 Å². The highest BCUT2D eigenvalue weighted by Crippen LogP contribution is 2.31. The van der Waals surface area contributed by atoms with Gasteiger partial charge in [0.2, 0.25) is 0 Å². The van der Waals surface area contributed by atoms with E-state index in [-0.39, 0.29) is 5.97 Å². The Morgan fingerprint density at radius 1 is 1.44 bits per heavy atom. The first-order valence-electron chi connectivity index (χ1n) is 5.93. The highest BCUT2D eigenvalue weighted by molar-refractivity contribution is 8.00. The summed E-state index contributed by atoms with van der Waals surface area (Å²) < 4.78 is 10.0. The number of anilines is 1. The van der Waals surface area contributed by atoms with Crippen molar-refractivity contribution in [3.05, 3.63) is 23.8 Å². The molecule has 1 aliphatic heterocycles. The Labute approximate surface area is 111 Å². The van der Waals surface area contributed by atoms with Crippen LogP contribution in [0.1, 0.15) is 23.2 Å². The minimum absolute atomic E-state index is 0.387. The summed E-state index contributed by atoms with van der Waals surface area (Å²) in [5, 5.41) is 0.549. The molecule has 0 atom stereocenters. The van der Waals surface area contributed by atoms with Gasteiger partial charge in [0, 0.05) is 29.0 Å². The third-order valence-corrected chi connectivity index (χ3v) is 4.23. The molecule has 1 heterocycles. The molecule has 1 fully saturated rings. The Hall–Kier alpha value is -1.20. The summed E-state index contributed by atoms with van der Waals surface area (Å²) in [7, 11) is 1.36. The molecule has 0 unspecified atom stereocenters. The molecule has 18 heavy (non-hydrogen) atoms. The summed E-state index contributed by atoms with van der Waals surface area (Å²) in [5.74, 6) is -0.387. The quantitative estimate of drug-likeness (QED) is 0.672. The van der Waals surface area contributed by atoms with Crippen molar-refractivity contribution in [1.29, 1.82) is 0 Å². The third kappa shape index (κ3) is 3.17. The number of nitrogen functional groups attached to an aromatic ring is 1. The summed E-state index contributed by atoms with van der Waals surface area (Å²) in [6.07, 6.45) is 2.09. The molecule has 0 radical (unpaired) electrons. The topological polar surface area (TPSA) is 61.5 Å². The van der Waals surface area contributed by atoms with Gasteiger partial charge in [-0.3, -0.25) is 0 Å². The van der Waals surface area contributed by atoms with Gasteiger partial charge in [-0.2, -0.15) is 0 Å². The van der Waals surface area contributed by atoms with Crippen LogP contribution in [-0.2, 0) is 9.47 Å². The van der Waals surface area contributed by atoms with Crippen LogP contribution in [0.25, 0.3) is 0 Å². The van der Waals surface area contributed by atoms with Crippen LogP contribution in [0.2, 0.25) is 0 Å². The lowest BCUT2D eigenvalue weighted by Crippen LogP contribution is -2.17. The van der Waals surface area contributed by atoms with E-state index in [4.69, 9.17) is 15.2 Å². The Balaban J connectivity index is 2.11. The van der Waals surface area contributed by atoms with Crippen LogP contribution in [0.4, 0.5) is 5.69 Å². The average Bonchev–Trinajstić information content (AvgIpc) is 2.41. The summed E-state index contributed by atoms with van der Waals surface area (Å²) in [6.45, 7) is 1.63. The van der Waals surface area contributed by atoms with E-state index in [1.165, 1.54) is 7.11 Å². The van der Waals surface area contributed by atoms with Crippen LogP contribution in [0.15, 0.2) is 23.1 Å². The summed E-state index contributed by atoms with van der Waals surface area (Å²) in [4.78, 5) is 12.6. The van der Waals surface area contributed by atoms with Crippen molar-refractivity contribution in [3.63, 3.8) is 0 Å². The fourth-order valence-corrected chi connectivity index (χ4v) is 3.03. The zero-order chi connectivity index (χ0) is 13.0. The van der Waals surface area contributed by atoms with E-state index in [2.05, 4.69) is 0 Å². The predicted octanol–water partition coefficient (Wildman–Crippen LogP) is 2.33. The fourth-order valence-electron chi connectivity index (χ4n) is 1.88. The van der Waals surface area contributed by atoms with E-state index in [0.717, 1.165) is 31.0 Å². The number of rotatable bonds is 3. The van der Waals surface area contributed by atoms with E-state index < -0.39 is 0 Å². The second-order valence-electron chi connectivity index (χ2n) is 4.17. The molecule has 2 rings (SSSR count). The van der Waals surface area contributed by atoms with Gasteiger partial charge < -0.3 is 15.2 Å². The van der Waals surface area contributed by atoms with Gasteiger partial charge in [-0.15, -0.1) is 11.8 Å². The summed E-state index contributed by atoms with van der Waals surface area (Å²) >= 11 is 1.77. The molecule has 1 saturated heterocycles. The first-order chi connectivity index (χ1) is 8.70. The van der Waals surface area contributed by atoms with E-state index in [1.54, 1.807) is 23.9 Å². The lowest BCUT2D eigenvalue weighted by molar-refractivity contribution is 0.0601. The number of thioether (sulfide) groups is 1. The molecule has 0 bridgehead atoms. The van der Waals surface area contributed by atoms with E-state index in [9.17, 15) is 4.79 Å². The number of esters is 1. The van der Waals surface area contributed by atoms with Gasteiger partial charge in [0.15, 0.2) is 0 Å². The molecule has 0 amide bonds. The smallest absolute Gasteiger partial charge is 0.339 e. The van der Waals surface area contributed by atoms with Crippen molar-refractivity contribution >= 4 is 23.4 Å². The first-order valence-corrected chi connectivity index (χ1v) is 6.81. The molecule has 0 saturated carbocycles. The van der Waals surface area contributed by atoms with Crippen LogP contribution in [0, 0.1) is 0 Å². The predicted molar refractivity (Wildman–Crippen MR) is 71.9 cm³/mol. The maximum atomic E-state index is 11.5. The number of hydrogen-bond donors (Lipinski definition) is 1. The summed E-state index contributed by atoms with van der Waals surface area (Å²) in [6, 6.07) is 5.51. The van der Waals surface area contributed by atoms with Crippen molar-refractivity contribution in [2.24, 2.45) is 0 Å². The van der Waals surface area contributed by atoms with E-state index in [0.29, 0.717) is 16.5 Å². The van der Waals surface area contributed by atoms with Crippen molar-refractivity contribution < 1.29 is 14.3 Å². The number of methoxy groups -OCH3 is 1. The van der Waals surface area contributed by atoms with Crippen LogP contribution in [-0.4, -0.2) is 31.5 Å². The molecule has 98 valence electrons. The van der Waals surface area contributed by atoms with Crippen LogP contribution in [0.5, 0.6) is 0 Å². The normalized spacial score (nSPS) is 16.5. The van der Waals surface area contributed by atoms with E-state index in [1.807, 2.05) is 6.07 Å². The zero-order valence-electron chi connectivity index (χ0n) is 10.3. The lowest BCUT2D eigenvalue weighted by atomic mass is 10.2. The van der Waals surface area contributed by atoms with Crippen LogP contribution >= 0.6 is 11.8 Å². The van der Waals surface area contributed by atoms with Crippen molar-refractivity contribution in [3.8, 4) is 0 Å². The minimum Gasteiger partial charge on any atom is -0.465 e. The monoisotopic (exact) mass is 267 g/mol. The molecule has 0 aliphatic carbocycles. The lowest BCUT2D eigenvalue weighted by Gasteiger charge is -2.21. The number of carbonyl (C=O) groups is 1. The van der Waals surface area contributed by atoms with Crippen molar-refractivity contribution in [2.75, 3.05) is 26.1 Å². The largest absolute Gasteiger partial charge is 0.465 e. The molecule has 0 aromatic heterocycles. The van der Waals surface area contributed by atoms with Crippen LogP contribution < -0.4 is 5.73 Å². The Morgan fingerprint density at radius 3 is 2.83 bits per heavy atom. The number of nitrogens with two attached hydrogens (primary N) is 1. The molecule has 4 nitrogen and oxygen atoms in total. The van der Waals surface area contributed by atoms with Gasteiger partial charge in [0.25, 0.3) is 0 Å². The standard InChI is InChI=1S/C13H17NO3S/c1-16-13(15)11-8-10(2-3-12(11)14)18-9-4-6-17-7-5-9/h2-3,8-9H,4-7,14H2,1H3. The Bertz CT molecular complexity index is 430. The highest BCUT2D eigenvalue weighted by atomic mass is 32.2. The number of carbonyl (C=O) groups excluding carboxylic acids is 1. The van der Waals surface area contributed by atoms with Gasteiger partial charge in [-0.25, -0.2) is 4.79 Å². The van der Waals surface area contributed by atoms with Gasteiger partial charge in [0.05, 0.1) is 12.7 Å². The fraction of sp³-hybridized carbons (Fsp3) is 0.462. The molecule has 1 aromatic rings. The molecule has 0 spiro atoms. The number of benzene rings is 1. The van der Waals surface area contributed by atoms with Crippen molar-refractivity contribution in [1.82, 2.24) is 0 Å². The maximum absolute atomic E-state index is 11.5. The average molecular weight is 267 g/mol.